The van der Waals surface area contributed by atoms with Crippen LogP contribution in [0.1, 0.15) is 44.1 Å². The van der Waals surface area contributed by atoms with E-state index in [0.29, 0.717) is 38.8 Å². The molecule has 1 aliphatic heterocycles. The highest BCUT2D eigenvalue weighted by Gasteiger charge is 2.50. The first-order chi connectivity index (χ1) is 13.0. The monoisotopic (exact) mass is 377 g/mol. The number of aliphatic carboxylic acids is 1. The van der Waals surface area contributed by atoms with Crippen LogP contribution in [0.15, 0.2) is 30.3 Å². The number of likely N-dealkylation sites (tertiary alicyclic amines) is 1. The van der Waals surface area contributed by atoms with Gasteiger partial charge in [0.1, 0.15) is 6.61 Å². The fraction of sp³-hybridized carbons (Fsp3) is 0.600. The standard InChI is InChI=1S/C20H27NO6/c22-18(23)16-8-10-17(11-9-16)27-20(25)21(12-4-5-13-21)19(24)26-14-15-6-2-1-3-7-15/h1-3,6-7,16-17,20,25H,4-5,8-14H2/t16-,17+,20?. The Labute approximate surface area is 159 Å². The third kappa shape index (κ3) is 4.66. The number of benzene rings is 1. The molecular formula is C20H27NO6. The number of aliphatic hydroxyl groups is 1. The Balaban J connectivity index is 1.58. The van der Waals surface area contributed by atoms with Crippen molar-refractivity contribution in [3.8, 4) is 0 Å². The number of nitrogens with zero attached hydrogens (tertiary/aromatic N) is 1. The molecule has 2 fully saturated rings. The summed E-state index contributed by atoms with van der Waals surface area (Å²) in [6.45, 7) is 1.11. The summed E-state index contributed by atoms with van der Waals surface area (Å²) >= 11 is 0. The lowest BCUT2D eigenvalue weighted by molar-refractivity contribution is -0.922. The average Bonchev–Trinajstić information content (AvgIpc) is 3.18. The van der Waals surface area contributed by atoms with Crippen LogP contribution >= 0.6 is 0 Å². The highest BCUT2D eigenvalue weighted by Crippen LogP contribution is 2.31. The van der Waals surface area contributed by atoms with Crippen LogP contribution in [0.25, 0.3) is 0 Å². The maximum atomic E-state index is 12.8. The molecule has 1 saturated carbocycles. The summed E-state index contributed by atoms with van der Waals surface area (Å²) in [5, 5.41) is 21.7. The summed E-state index contributed by atoms with van der Waals surface area (Å²) in [7, 11) is 0. The molecule has 0 radical (unpaired) electrons. The zero-order valence-corrected chi connectivity index (χ0v) is 15.4. The molecule has 7 nitrogen and oxygen atoms in total. The van der Waals surface area contributed by atoms with Gasteiger partial charge >= 0.3 is 12.5 Å². The molecule has 1 amide bonds. The second-order valence-corrected chi connectivity index (χ2v) is 7.48. The molecule has 1 heterocycles. The van der Waals surface area contributed by atoms with Gasteiger partial charge in [0.25, 0.3) is 0 Å². The zero-order chi connectivity index (χ0) is 19.3. The van der Waals surface area contributed by atoms with Crippen molar-refractivity contribution in [1.29, 1.82) is 0 Å². The van der Waals surface area contributed by atoms with Gasteiger partial charge in [-0.05, 0) is 37.2 Å². The minimum absolute atomic E-state index is 0.156. The van der Waals surface area contributed by atoms with Gasteiger partial charge in [0.15, 0.2) is 0 Å². The molecule has 0 spiro atoms. The number of carbonyl (C=O) groups excluding carboxylic acids is 2. The van der Waals surface area contributed by atoms with Crippen LogP contribution in [0.5, 0.6) is 0 Å². The molecule has 7 heteroatoms. The Morgan fingerprint density at radius 1 is 1.11 bits per heavy atom. The Morgan fingerprint density at radius 3 is 2.33 bits per heavy atom. The second kappa shape index (κ2) is 8.82. The van der Waals surface area contributed by atoms with E-state index in [1.54, 1.807) is 0 Å². The van der Waals surface area contributed by atoms with Gasteiger partial charge in [-0.25, -0.2) is 0 Å². The molecule has 1 atom stereocenters. The largest absolute Gasteiger partial charge is 0.550 e. The molecule has 0 aromatic heterocycles. The molecule has 148 valence electrons. The van der Waals surface area contributed by atoms with Crippen molar-refractivity contribution < 1.29 is 33.8 Å². The Bertz CT molecular complexity index is 635. The number of ether oxygens (including phenoxy) is 2. The Hall–Kier alpha value is -1.96. The zero-order valence-electron chi connectivity index (χ0n) is 15.4. The van der Waals surface area contributed by atoms with Crippen molar-refractivity contribution in [3.63, 3.8) is 0 Å². The average molecular weight is 377 g/mol. The number of hydrogen-bond donors (Lipinski definition) is 1. The van der Waals surface area contributed by atoms with Crippen molar-refractivity contribution in [1.82, 2.24) is 0 Å². The van der Waals surface area contributed by atoms with Gasteiger partial charge in [-0.15, -0.1) is 0 Å². The van der Waals surface area contributed by atoms with Gasteiger partial charge in [0.05, 0.1) is 19.2 Å². The van der Waals surface area contributed by atoms with E-state index >= 15 is 0 Å². The van der Waals surface area contributed by atoms with Crippen LogP contribution in [0, 0.1) is 5.92 Å². The first-order valence-electron chi connectivity index (χ1n) is 9.63. The van der Waals surface area contributed by atoms with E-state index in [-0.39, 0.29) is 17.2 Å². The molecule has 1 aliphatic carbocycles. The quantitative estimate of drug-likeness (QED) is 0.597. The van der Waals surface area contributed by atoms with Gasteiger partial charge in [-0.1, -0.05) is 30.3 Å². The topological polar surface area (TPSA) is 95.9 Å². The first kappa shape index (κ1) is 19.8. The maximum Gasteiger partial charge on any atom is 0.520 e. The predicted molar refractivity (Wildman–Crippen MR) is 93.7 cm³/mol. The van der Waals surface area contributed by atoms with E-state index < -0.39 is 24.4 Å². The molecule has 2 aliphatic rings. The first-order valence-corrected chi connectivity index (χ1v) is 9.63. The van der Waals surface area contributed by atoms with Gasteiger partial charge in [-0.2, -0.15) is 9.28 Å². The van der Waals surface area contributed by atoms with E-state index in [2.05, 4.69) is 0 Å². The van der Waals surface area contributed by atoms with Crippen LogP contribution in [0.4, 0.5) is 4.79 Å². The smallest absolute Gasteiger partial charge is 0.520 e. The summed E-state index contributed by atoms with van der Waals surface area (Å²) < 4.78 is 11.0. The summed E-state index contributed by atoms with van der Waals surface area (Å²) in [6.07, 6.45) is 1.62. The lowest BCUT2D eigenvalue weighted by Crippen LogP contribution is -2.59. The Kier molecular flexibility index (Phi) is 6.46. The number of carboxylic acid groups (broad SMARTS) is 1. The Morgan fingerprint density at radius 2 is 1.74 bits per heavy atom. The minimum Gasteiger partial charge on any atom is -0.550 e. The van der Waals surface area contributed by atoms with Crippen LogP contribution in [0.2, 0.25) is 0 Å². The van der Waals surface area contributed by atoms with Crippen molar-refractivity contribution in [2.45, 2.75) is 57.6 Å². The number of rotatable bonds is 6. The highest BCUT2D eigenvalue weighted by atomic mass is 16.7. The van der Waals surface area contributed by atoms with Gasteiger partial charge in [0.2, 0.25) is 0 Å². The van der Waals surface area contributed by atoms with Crippen LogP contribution in [-0.2, 0) is 20.9 Å². The molecule has 1 N–H and O–H groups in total. The summed E-state index contributed by atoms with van der Waals surface area (Å²) in [4.78, 5) is 23.7. The lowest BCUT2D eigenvalue weighted by Gasteiger charge is -2.37. The third-order valence-corrected chi connectivity index (χ3v) is 5.68. The highest BCUT2D eigenvalue weighted by molar-refractivity contribution is 5.67. The molecule has 27 heavy (non-hydrogen) atoms. The third-order valence-electron chi connectivity index (χ3n) is 5.68. The number of amides is 1. The summed E-state index contributed by atoms with van der Waals surface area (Å²) in [5.74, 6) is -1.48. The number of carbonyl (C=O) groups is 2. The van der Waals surface area contributed by atoms with E-state index in [9.17, 15) is 19.8 Å². The van der Waals surface area contributed by atoms with Crippen molar-refractivity contribution in [2.24, 2.45) is 5.92 Å². The number of carboxylic acids is 1. The minimum atomic E-state index is -1.29. The number of hydrogen-bond acceptors (Lipinski definition) is 6. The maximum absolute atomic E-state index is 12.8. The van der Waals surface area contributed by atoms with E-state index in [0.717, 1.165) is 18.4 Å². The number of aliphatic hydroxyl groups excluding tert-OH is 1. The van der Waals surface area contributed by atoms with Gasteiger partial charge in [-0.3, -0.25) is 0 Å². The van der Waals surface area contributed by atoms with E-state index in [1.165, 1.54) is 0 Å². The van der Waals surface area contributed by atoms with Crippen LogP contribution in [-0.4, -0.2) is 47.3 Å². The van der Waals surface area contributed by atoms with E-state index in [4.69, 9.17) is 9.47 Å². The second-order valence-electron chi connectivity index (χ2n) is 7.48. The van der Waals surface area contributed by atoms with Crippen molar-refractivity contribution >= 4 is 12.1 Å². The molecule has 1 unspecified atom stereocenters. The molecular weight excluding hydrogens is 350 g/mol. The fourth-order valence-electron chi connectivity index (χ4n) is 3.96. The summed E-state index contributed by atoms with van der Waals surface area (Å²) in [5.41, 5.74) is 0.888. The van der Waals surface area contributed by atoms with Crippen LogP contribution in [0.3, 0.4) is 0 Å². The molecule has 0 bridgehead atoms. The molecule has 1 saturated heterocycles. The van der Waals surface area contributed by atoms with E-state index in [1.807, 2.05) is 30.3 Å². The normalized spacial score (nSPS) is 25.7. The van der Waals surface area contributed by atoms with Gasteiger partial charge in [0, 0.05) is 18.8 Å². The number of quaternary nitrogens is 1. The van der Waals surface area contributed by atoms with Crippen LogP contribution < -0.4 is 5.11 Å². The van der Waals surface area contributed by atoms with Crippen molar-refractivity contribution in [2.75, 3.05) is 13.1 Å². The van der Waals surface area contributed by atoms with Gasteiger partial charge < -0.3 is 24.5 Å². The van der Waals surface area contributed by atoms with Crippen molar-refractivity contribution in [3.05, 3.63) is 35.9 Å². The molecule has 3 rings (SSSR count). The lowest BCUT2D eigenvalue weighted by atomic mass is 9.87. The fourth-order valence-corrected chi connectivity index (χ4v) is 3.96. The SMILES string of the molecule is O=C(OCc1ccccc1)[N+]1(C(O)O[C@H]2CC[C@@H](C(=O)[O-])CC2)CCCC1. The molecule has 1 aromatic rings. The summed E-state index contributed by atoms with van der Waals surface area (Å²) in [6, 6.07) is 9.41. The molecule has 1 aromatic carbocycles. The predicted octanol–water partition coefficient (Wildman–Crippen LogP) is 1.53.